The molecular weight excluding hydrogens is 423 g/mol. The van der Waals surface area contributed by atoms with E-state index in [-0.39, 0.29) is 11.8 Å². The van der Waals surface area contributed by atoms with Gasteiger partial charge in [-0.15, -0.1) is 0 Å². The zero-order valence-electron chi connectivity index (χ0n) is 19.2. The van der Waals surface area contributed by atoms with Gasteiger partial charge in [0, 0.05) is 63.1 Å². The van der Waals surface area contributed by atoms with Gasteiger partial charge in [0.25, 0.3) is 0 Å². The largest absolute Gasteiger partial charge is 0.497 e. The second-order valence-electron chi connectivity index (χ2n) is 8.68. The van der Waals surface area contributed by atoms with Crippen LogP contribution in [0.25, 0.3) is 0 Å². The van der Waals surface area contributed by atoms with Crippen LogP contribution in [0.2, 0.25) is 0 Å². The van der Waals surface area contributed by atoms with Crippen molar-refractivity contribution in [3.05, 3.63) is 53.8 Å². The molecule has 33 heavy (non-hydrogen) atoms. The molecule has 0 saturated carbocycles. The highest BCUT2D eigenvalue weighted by molar-refractivity contribution is 5.94. The van der Waals surface area contributed by atoms with Crippen molar-refractivity contribution >= 4 is 23.2 Å². The molecule has 8 heteroatoms. The fourth-order valence-electron chi connectivity index (χ4n) is 4.52. The van der Waals surface area contributed by atoms with Gasteiger partial charge in [0.1, 0.15) is 11.6 Å². The third-order valence-electron chi connectivity index (χ3n) is 6.51. The van der Waals surface area contributed by atoms with Crippen molar-refractivity contribution in [1.82, 2.24) is 10.2 Å². The molecule has 0 aromatic heterocycles. The number of rotatable bonds is 6. The first-order valence-electron chi connectivity index (χ1n) is 11.4. The van der Waals surface area contributed by atoms with E-state index in [1.54, 1.807) is 24.1 Å². The minimum Gasteiger partial charge on any atom is -0.497 e. The molecule has 1 atom stereocenters. The highest BCUT2D eigenvalue weighted by atomic mass is 19.1. The van der Waals surface area contributed by atoms with Crippen LogP contribution in [0.4, 0.5) is 20.6 Å². The van der Waals surface area contributed by atoms with Crippen molar-refractivity contribution < 1.29 is 18.7 Å². The van der Waals surface area contributed by atoms with Gasteiger partial charge in [-0.2, -0.15) is 0 Å². The summed E-state index contributed by atoms with van der Waals surface area (Å²) in [5.41, 5.74) is 1.98. The fourth-order valence-corrected chi connectivity index (χ4v) is 4.52. The number of Topliss-reactive ketones (excluding diaryl/α,β-unsaturated/α-hetero) is 1. The number of nitrogens with one attached hydrogen (secondary N) is 1. The number of nitrogens with zero attached hydrogens (tertiary/aromatic N) is 3. The molecule has 1 unspecified atom stereocenters. The van der Waals surface area contributed by atoms with E-state index in [1.165, 1.54) is 13.0 Å². The van der Waals surface area contributed by atoms with Crippen molar-refractivity contribution in [3.63, 3.8) is 0 Å². The van der Waals surface area contributed by atoms with E-state index in [9.17, 15) is 14.0 Å². The lowest BCUT2D eigenvalue weighted by atomic mass is 10.1. The Kier molecular flexibility index (Phi) is 7.01. The molecular formula is C25H31FN4O3. The van der Waals surface area contributed by atoms with Gasteiger partial charge in [0.2, 0.25) is 0 Å². The number of hydrogen-bond donors (Lipinski definition) is 1. The van der Waals surface area contributed by atoms with Gasteiger partial charge in [0.05, 0.1) is 12.8 Å². The predicted molar refractivity (Wildman–Crippen MR) is 127 cm³/mol. The molecule has 0 aliphatic carbocycles. The molecule has 1 N–H and O–H groups in total. The van der Waals surface area contributed by atoms with Crippen LogP contribution < -0.4 is 19.9 Å². The van der Waals surface area contributed by atoms with Gasteiger partial charge in [-0.25, -0.2) is 9.18 Å². The number of methoxy groups -OCH3 is 1. The lowest BCUT2D eigenvalue weighted by Gasteiger charge is -2.36. The molecule has 2 fully saturated rings. The summed E-state index contributed by atoms with van der Waals surface area (Å²) in [5.74, 6) is 0.687. The molecule has 4 rings (SSSR count). The Bertz CT molecular complexity index is 1010. The monoisotopic (exact) mass is 454 g/mol. The van der Waals surface area contributed by atoms with Crippen LogP contribution in [0.3, 0.4) is 0 Å². The lowest BCUT2D eigenvalue weighted by molar-refractivity contribution is 0.101. The van der Waals surface area contributed by atoms with Gasteiger partial charge >= 0.3 is 6.03 Å². The first kappa shape index (κ1) is 22.9. The maximum absolute atomic E-state index is 14.4. The highest BCUT2D eigenvalue weighted by Crippen LogP contribution is 2.27. The highest BCUT2D eigenvalue weighted by Gasteiger charge is 2.26. The van der Waals surface area contributed by atoms with Crippen molar-refractivity contribution in [2.75, 3.05) is 62.7 Å². The molecule has 2 aliphatic rings. The van der Waals surface area contributed by atoms with Crippen molar-refractivity contribution in [2.45, 2.75) is 13.3 Å². The Labute approximate surface area is 194 Å². The molecule has 7 nitrogen and oxygen atoms in total. The van der Waals surface area contributed by atoms with Crippen LogP contribution in [0.5, 0.6) is 5.75 Å². The van der Waals surface area contributed by atoms with E-state index in [2.05, 4.69) is 16.3 Å². The first-order chi connectivity index (χ1) is 15.9. The van der Waals surface area contributed by atoms with Gasteiger partial charge in [-0.3, -0.25) is 4.79 Å². The third kappa shape index (κ3) is 5.38. The number of amides is 2. The van der Waals surface area contributed by atoms with Crippen LogP contribution in [-0.4, -0.2) is 69.6 Å². The number of anilines is 2. The number of halogens is 1. The van der Waals surface area contributed by atoms with Crippen molar-refractivity contribution in [1.29, 1.82) is 0 Å². The fraction of sp³-hybridized carbons (Fsp3) is 0.440. The van der Waals surface area contributed by atoms with Crippen LogP contribution in [-0.2, 0) is 0 Å². The molecule has 2 aromatic rings. The van der Waals surface area contributed by atoms with Gasteiger partial charge < -0.3 is 24.8 Å². The van der Waals surface area contributed by atoms with E-state index in [0.717, 1.165) is 30.9 Å². The summed E-state index contributed by atoms with van der Waals surface area (Å²) in [6.07, 6.45) is 1.03. The van der Waals surface area contributed by atoms with E-state index in [0.29, 0.717) is 49.9 Å². The van der Waals surface area contributed by atoms with Gasteiger partial charge in [-0.05, 0) is 49.6 Å². The normalized spacial score (nSPS) is 18.4. The Balaban J connectivity index is 1.23. The first-order valence-corrected chi connectivity index (χ1v) is 11.4. The summed E-state index contributed by atoms with van der Waals surface area (Å²) >= 11 is 0. The quantitative estimate of drug-likeness (QED) is 0.678. The summed E-state index contributed by atoms with van der Waals surface area (Å²) in [4.78, 5) is 30.1. The number of ether oxygens (including phenoxy) is 1. The van der Waals surface area contributed by atoms with Crippen LogP contribution >= 0.6 is 0 Å². The predicted octanol–water partition coefficient (Wildman–Crippen LogP) is 3.40. The minimum atomic E-state index is -0.401. The molecule has 2 heterocycles. The van der Waals surface area contributed by atoms with Gasteiger partial charge in [-0.1, -0.05) is 6.07 Å². The maximum Gasteiger partial charge on any atom is 0.317 e. The van der Waals surface area contributed by atoms with E-state index in [1.807, 2.05) is 23.1 Å². The standard InChI is InChI=1S/C25H31FN4O3/c1-18(31)20-6-7-24(23(26)14-20)28-10-12-29(13-11-28)25(32)27-16-19-8-9-30(17-19)21-4-3-5-22(15-21)33-2/h3-7,14-15,19H,8-13,16-17H2,1-2H3,(H,27,32). The van der Waals surface area contributed by atoms with Crippen LogP contribution in [0.15, 0.2) is 42.5 Å². The Hall–Kier alpha value is -3.29. The Morgan fingerprint density at radius 2 is 1.85 bits per heavy atom. The molecule has 2 aliphatic heterocycles. The number of ketones is 1. The molecule has 2 aromatic carbocycles. The summed E-state index contributed by atoms with van der Waals surface area (Å²) in [6, 6.07) is 12.6. The third-order valence-corrected chi connectivity index (χ3v) is 6.51. The number of carbonyl (C=O) groups excluding carboxylic acids is 2. The second kappa shape index (κ2) is 10.1. The van der Waals surface area contributed by atoms with E-state index < -0.39 is 5.82 Å². The van der Waals surface area contributed by atoms with Gasteiger partial charge in [0.15, 0.2) is 5.78 Å². The molecule has 0 radical (unpaired) electrons. The molecule has 2 amide bonds. The van der Waals surface area contributed by atoms with Crippen molar-refractivity contribution in [2.24, 2.45) is 5.92 Å². The van der Waals surface area contributed by atoms with Crippen LogP contribution in [0, 0.1) is 11.7 Å². The zero-order chi connectivity index (χ0) is 23.4. The molecule has 176 valence electrons. The van der Waals surface area contributed by atoms with Crippen molar-refractivity contribution in [3.8, 4) is 5.75 Å². The number of piperazine rings is 1. The lowest BCUT2D eigenvalue weighted by Crippen LogP contribution is -2.52. The number of hydrogen-bond acceptors (Lipinski definition) is 5. The summed E-state index contributed by atoms with van der Waals surface area (Å²) < 4.78 is 19.8. The number of urea groups is 1. The average Bonchev–Trinajstić information content (AvgIpc) is 3.32. The smallest absolute Gasteiger partial charge is 0.317 e. The SMILES string of the molecule is COc1cccc(N2CCC(CNC(=O)N3CCN(c4ccc(C(C)=O)cc4F)CC3)C2)c1. The Morgan fingerprint density at radius 1 is 1.06 bits per heavy atom. The summed E-state index contributed by atoms with van der Waals surface area (Å²) in [5, 5.41) is 3.08. The van der Waals surface area contributed by atoms with Crippen LogP contribution in [0.1, 0.15) is 23.7 Å². The average molecular weight is 455 g/mol. The topological polar surface area (TPSA) is 65.1 Å². The Morgan fingerprint density at radius 3 is 2.55 bits per heavy atom. The molecule has 0 bridgehead atoms. The number of benzene rings is 2. The molecule has 2 saturated heterocycles. The number of carbonyl (C=O) groups is 2. The molecule has 0 spiro atoms. The zero-order valence-corrected chi connectivity index (χ0v) is 19.2. The van der Waals surface area contributed by atoms with E-state index >= 15 is 0 Å². The van der Waals surface area contributed by atoms with E-state index in [4.69, 9.17) is 4.74 Å². The second-order valence-corrected chi connectivity index (χ2v) is 8.68. The minimum absolute atomic E-state index is 0.0677. The summed E-state index contributed by atoms with van der Waals surface area (Å²) in [6.45, 7) is 6.08. The summed E-state index contributed by atoms with van der Waals surface area (Å²) in [7, 11) is 1.67. The maximum atomic E-state index is 14.4.